The maximum absolute atomic E-state index is 12.6. The van der Waals surface area contributed by atoms with Gasteiger partial charge in [0.15, 0.2) is 0 Å². The molecule has 1 fully saturated rings. The Morgan fingerprint density at radius 1 is 1.25 bits per heavy atom. The minimum Gasteiger partial charge on any atom is -0.490 e. The summed E-state index contributed by atoms with van der Waals surface area (Å²) in [5, 5.41) is 0. The summed E-state index contributed by atoms with van der Waals surface area (Å²) in [7, 11) is 1.79. The average molecular weight is 326 g/mol. The number of H-pyrrole nitrogens is 1. The lowest BCUT2D eigenvalue weighted by atomic mass is 9.63. The number of hydrogen-bond acceptors (Lipinski definition) is 3. The molecule has 1 aliphatic rings. The van der Waals surface area contributed by atoms with E-state index < -0.39 is 0 Å². The van der Waals surface area contributed by atoms with Crippen molar-refractivity contribution in [2.24, 2.45) is 5.41 Å². The maximum atomic E-state index is 12.6. The summed E-state index contributed by atoms with van der Waals surface area (Å²) in [5.41, 5.74) is -0.0292. The van der Waals surface area contributed by atoms with Gasteiger partial charge in [-0.05, 0) is 18.2 Å². The van der Waals surface area contributed by atoms with Crippen LogP contribution in [0.15, 0.2) is 53.5 Å². The van der Waals surface area contributed by atoms with Crippen molar-refractivity contribution in [1.29, 1.82) is 0 Å². The van der Waals surface area contributed by atoms with Crippen LogP contribution < -0.4 is 10.3 Å². The van der Waals surface area contributed by atoms with Crippen LogP contribution in [-0.2, 0) is 0 Å². The molecule has 1 N–H and O–H groups in total. The number of rotatable bonds is 4. The van der Waals surface area contributed by atoms with Crippen LogP contribution in [0.3, 0.4) is 0 Å². The summed E-state index contributed by atoms with van der Waals surface area (Å²) in [6, 6.07) is 12.8. The van der Waals surface area contributed by atoms with E-state index in [1.54, 1.807) is 18.0 Å². The maximum Gasteiger partial charge on any atom is 0.254 e. The number of hydrogen-bond donors (Lipinski definition) is 1. The number of nitrogens with zero attached hydrogens (tertiary/aromatic N) is 1. The molecule has 1 aromatic heterocycles. The van der Waals surface area contributed by atoms with Crippen molar-refractivity contribution < 1.29 is 9.53 Å². The largest absolute Gasteiger partial charge is 0.490 e. The van der Waals surface area contributed by atoms with Gasteiger partial charge < -0.3 is 14.6 Å². The highest BCUT2D eigenvalue weighted by atomic mass is 16.5. The van der Waals surface area contributed by atoms with E-state index in [0.29, 0.717) is 5.56 Å². The first-order valence-electron chi connectivity index (χ1n) is 8.07. The second kappa shape index (κ2) is 6.15. The third kappa shape index (κ3) is 2.94. The summed E-state index contributed by atoms with van der Waals surface area (Å²) in [6.07, 6.45) is 2.32. The predicted molar refractivity (Wildman–Crippen MR) is 92.2 cm³/mol. The lowest BCUT2D eigenvalue weighted by Gasteiger charge is -2.54. The fourth-order valence-corrected chi connectivity index (χ4v) is 3.31. The van der Waals surface area contributed by atoms with E-state index >= 15 is 0 Å². The number of carbonyl (C=O) groups is 1. The van der Waals surface area contributed by atoms with Crippen molar-refractivity contribution in [2.45, 2.75) is 32.4 Å². The molecule has 3 rings (SSSR count). The Morgan fingerprint density at radius 3 is 2.58 bits per heavy atom. The molecule has 0 aliphatic heterocycles. The van der Waals surface area contributed by atoms with Crippen molar-refractivity contribution in [3.8, 4) is 5.75 Å². The topological polar surface area (TPSA) is 62.4 Å². The van der Waals surface area contributed by atoms with Gasteiger partial charge >= 0.3 is 0 Å². The van der Waals surface area contributed by atoms with Crippen LogP contribution in [0.2, 0.25) is 0 Å². The monoisotopic (exact) mass is 326 g/mol. The van der Waals surface area contributed by atoms with Gasteiger partial charge in [0.25, 0.3) is 5.91 Å². The molecule has 1 amide bonds. The molecule has 0 spiro atoms. The molecule has 0 radical (unpaired) electrons. The van der Waals surface area contributed by atoms with E-state index in [1.165, 1.54) is 12.3 Å². The van der Waals surface area contributed by atoms with E-state index in [1.807, 2.05) is 30.3 Å². The minimum absolute atomic E-state index is 0.0549. The lowest BCUT2D eigenvalue weighted by Crippen LogP contribution is -2.63. The summed E-state index contributed by atoms with van der Waals surface area (Å²) < 4.78 is 6.06. The highest BCUT2D eigenvalue weighted by Gasteiger charge is 2.52. The van der Waals surface area contributed by atoms with Crippen LogP contribution in [0, 0.1) is 5.41 Å². The Kier molecular flexibility index (Phi) is 4.18. The first kappa shape index (κ1) is 16.3. The van der Waals surface area contributed by atoms with Crippen LogP contribution in [-0.4, -0.2) is 35.0 Å². The van der Waals surface area contributed by atoms with E-state index in [4.69, 9.17) is 4.74 Å². The number of benzene rings is 1. The van der Waals surface area contributed by atoms with Crippen molar-refractivity contribution in [3.63, 3.8) is 0 Å². The number of aromatic nitrogens is 1. The van der Waals surface area contributed by atoms with Gasteiger partial charge in [0.2, 0.25) is 5.56 Å². The Bertz CT molecular complexity index is 782. The smallest absolute Gasteiger partial charge is 0.254 e. The summed E-state index contributed by atoms with van der Waals surface area (Å²) in [5.74, 6) is 0.704. The predicted octanol–water partition coefficient (Wildman–Crippen LogP) is 2.69. The molecule has 24 heavy (non-hydrogen) atoms. The molecule has 0 unspecified atom stereocenters. The molecule has 126 valence electrons. The number of aromatic amines is 1. The minimum atomic E-state index is -0.271. The molecule has 0 saturated heterocycles. The second-order valence-electron chi connectivity index (χ2n) is 6.85. The number of nitrogens with one attached hydrogen (secondary N) is 1. The SMILES string of the molecule is CN(C(=O)c1cc[nH]c(=O)c1)[C@@H]1C[C@H](Oc2ccccc2)C1(C)C. The van der Waals surface area contributed by atoms with Gasteiger partial charge in [-0.2, -0.15) is 0 Å². The molecule has 1 saturated carbocycles. The first-order chi connectivity index (χ1) is 11.4. The van der Waals surface area contributed by atoms with Gasteiger partial charge in [0.1, 0.15) is 11.9 Å². The highest BCUT2D eigenvalue weighted by molar-refractivity contribution is 5.94. The zero-order valence-corrected chi connectivity index (χ0v) is 14.2. The third-order valence-corrected chi connectivity index (χ3v) is 4.96. The van der Waals surface area contributed by atoms with Crippen LogP contribution in [0.4, 0.5) is 0 Å². The van der Waals surface area contributed by atoms with Crippen LogP contribution in [0.25, 0.3) is 0 Å². The van der Waals surface area contributed by atoms with Crippen molar-refractivity contribution >= 4 is 5.91 Å². The second-order valence-corrected chi connectivity index (χ2v) is 6.85. The standard InChI is InChI=1S/C19H22N2O3/c1-19(2)15(12-16(19)24-14-7-5-4-6-8-14)21(3)18(23)13-9-10-20-17(22)11-13/h4-11,15-16H,12H2,1-3H3,(H,20,22)/t15-,16+/m1/s1. The molecular weight excluding hydrogens is 304 g/mol. The van der Waals surface area contributed by atoms with Gasteiger partial charge in [-0.15, -0.1) is 0 Å². The molecule has 1 heterocycles. The fraction of sp³-hybridized carbons (Fsp3) is 0.368. The van der Waals surface area contributed by atoms with Gasteiger partial charge in [-0.3, -0.25) is 9.59 Å². The third-order valence-electron chi connectivity index (χ3n) is 4.96. The zero-order chi connectivity index (χ0) is 17.3. The molecule has 1 aromatic carbocycles. The zero-order valence-electron chi connectivity index (χ0n) is 14.2. The van der Waals surface area contributed by atoms with E-state index in [9.17, 15) is 9.59 Å². The molecule has 0 bridgehead atoms. The molecule has 2 atom stereocenters. The molecule has 1 aliphatic carbocycles. The average Bonchev–Trinajstić information content (AvgIpc) is 2.58. The first-order valence-corrected chi connectivity index (χ1v) is 8.07. The molecule has 5 nitrogen and oxygen atoms in total. The Hall–Kier alpha value is -2.56. The summed E-state index contributed by atoms with van der Waals surface area (Å²) in [6.45, 7) is 4.21. The quantitative estimate of drug-likeness (QED) is 0.939. The van der Waals surface area contributed by atoms with Crippen molar-refractivity contribution in [1.82, 2.24) is 9.88 Å². The van der Waals surface area contributed by atoms with E-state index in [-0.39, 0.29) is 29.0 Å². The summed E-state index contributed by atoms with van der Waals surface area (Å²) >= 11 is 0. The van der Waals surface area contributed by atoms with Gasteiger partial charge in [-0.25, -0.2) is 0 Å². The summed E-state index contributed by atoms with van der Waals surface area (Å²) in [4.78, 5) is 28.3. The Balaban J connectivity index is 1.70. The number of pyridine rings is 1. The number of ether oxygens (including phenoxy) is 1. The fourth-order valence-electron chi connectivity index (χ4n) is 3.31. The Labute approximate surface area is 141 Å². The van der Waals surface area contributed by atoms with E-state index in [2.05, 4.69) is 18.8 Å². The van der Waals surface area contributed by atoms with E-state index in [0.717, 1.165) is 12.2 Å². The molecule has 5 heteroatoms. The number of amides is 1. The van der Waals surface area contributed by atoms with Crippen LogP contribution >= 0.6 is 0 Å². The van der Waals surface area contributed by atoms with Crippen LogP contribution in [0.5, 0.6) is 5.75 Å². The van der Waals surface area contributed by atoms with Gasteiger partial charge in [0.05, 0.1) is 0 Å². The normalized spacial score (nSPS) is 21.6. The molecular formula is C19H22N2O3. The van der Waals surface area contributed by atoms with Gasteiger partial charge in [0, 0.05) is 42.8 Å². The Morgan fingerprint density at radius 2 is 1.96 bits per heavy atom. The number of para-hydroxylation sites is 1. The van der Waals surface area contributed by atoms with Crippen molar-refractivity contribution in [2.75, 3.05) is 7.05 Å². The van der Waals surface area contributed by atoms with Crippen LogP contribution in [0.1, 0.15) is 30.6 Å². The van der Waals surface area contributed by atoms with Gasteiger partial charge in [-0.1, -0.05) is 32.0 Å². The number of carbonyl (C=O) groups excluding carboxylic acids is 1. The lowest BCUT2D eigenvalue weighted by molar-refractivity contribution is -0.0886. The highest BCUT2D eigenvalue weighted by Crippen LogP contribution is 2.45. The molecule has 2 aromatic rings. The van der Waals surface area contributed by atoms with Crippen molar-refractivity contribution in [3.05, 3.63) is 64.6 Å².